The average Bonchev–Trinajstić information content (AvgIpc) is 3.54. The van der Waals surface area contributed by atoms with Gasteiger partial charge in [-0.25, -0.2) is 0 Å². The van der Waals surface area contributed by atoms with Crippen LogP contribution in [-0.2, 0) is 6.42 Å². The van der Waals surface area contributed by atoms with Gasteiger partial charge in [0.15, 0.2) is 0 Å². The summed E-state index contributed by atoms with van der Waals surface area (Å²) in [4.78, 5) is 5.60. The number of benzene rings is 2. The van der Waals surface area contributed by atoms with E-state index in [-0.39, 0.29) is 5.66 Å². The summed E-state index contributed by atoms with van der Waals surface area (Å²) in [5.74, 6) is 0.441. The van der Waals surface area contributed by atoms with E-state index in [4.69, 9.17) is 0 Å². The Labute approximate surface area is 343 Å². The van der Waals surface area contributed by atoms with Gasteiger partial charge in [-0.1, -0.05) is 261 Å². The van der Waals surface area contributed by atoms with Gasteiger partial charge in [0.2, 0.25) is 0 Å². The minimum atomic E-state index is -0.0658. The summed E-state index contributed by atoms with van der Waals surface area (Å²) in [5.41, 5.74) is 2.89. The van der Waals surface area contributed by atoms with Gasteiger partial charge in [0.05, 0.1) is 0 Å². The van der Waals surface area contributed by atoms with Crippen molar-refractivity contribution < 1.29 is 0 Å². The van der Waals surface area contributed by atoms with Gasteiger partial charge in [-0.15, -0.1) is 0 Å². The van der Waals surface area contributed by atoms with Crippen molar-refractivity contribution in [1.29, 1.82) is 0 Å². The zero-order chi connectivity index (χ0) is 38.9. The van der Waals surface area contributed by atoms with Gasteiger partial charge in [0, 0.05) is 37.8 Å². The van der Waals surface area contributed by atoms with Crippen LogP contribution >= 0.6 is 0 Å². The van der Waals surface area contributed by atoms with Crippen LogP contribution in [0.5, 0.6) is 0 Å². The van der Waals surface area contributed by atoms with Gasteiger partial charge in [-0.3, -0.25) is 0 Å². The van der Waals surface area contributed by atoms with Crippen molar-refractivity contribution in [3.05, 3.63) is 84.2 Å². The first-order chi connectivity index (χ1) is 27.3. The summed E-state index contributed by atoms with van der Waals surface area (Å²) in [6.45, 7) is 9.36. The number of hydrogen-bond donors (Lipinski definition) is 0. The Balaban J connectivity index is 1.47. The van der Waals surface area contributed by atoms with Crippen LogP contribution in [0.4, 0.5) is 0 Å². The summed E-state index contributed by atoms with van der Waals surface area (Å²) in [5, 5.41) is 0. The molecule has 2 heteroatoms. The minimum absolute atomic E-state index is 0.0658. The molecule has 2 aromatic carbocycles. The number of nitrogens with zero attached hydrogens (tertiary/aromatic N) is 2. The lowest BCUT2D eigenvalue weighted by Gasteiger charge is -2.51. The molecule has 0 spiro atoms. The van der Waals surface area contributed by atoms with Gasteiger partial charge in [0.1, 0.15) is 5.66 Å². The fourth-order valence-electron chi connectivity index (χ4n) is 9.57. The predicted molar refractivity (Wildman–Crippen MR) is 245 cm³/mol. The Kier molecular flexibility index (Phi) is 27.3. The van der Waals surface area contributed by atoms with E-state index in [0.29, 0.717) is 5.92 Å². The molecule has 1 aliphatic heterocycles. The summed E-state index contributed by atoms with van der Waals surface area (Å²) in [6.07, 6.45) is 49.7. The highest BCUT2D eigenvalue weighted by Gasteiger charge is 2.49. The van der Waals surface area contributed by atoms with E-state index in [2.05, 4.69) is 104 Å². The molecule has 1 aliphatic rings. The zero-order valence-corrected chi connectivity index (χ0v) is 36.9. The number of unbranched alkanes of at least 4 members (excludes halogenated alkanes) is 28. The Hall–Kier alpha value is -2.22. The Morgan fingerprint density at radius 3 is 1.02 bits per heavy atom. The van der Waals surface area contributed by atoms with Gasteiger partial charge in [0.25, 0.3) is 0 Å². The third-order valence-electron chi connectivity index (χ3n) is 12.9. The van der Waals surface area contributed by atoms with Crippen molar-refractivity contribution in [2.24, 2.45) is 0 Å². The standard InChI is InChI=1S/C53H90N2/c1-4-7-9-11-13-15-17-19-20-21-22-24-26-28-30-32-40-46-55-48-47-54(45-39-31-29-27-25-23-18-16-14-12-10-8-5-2)53(55,49-50-41-35-33-36-42-50)52(6-3)51-43-37-34-38-44-51/h33-38,41-44,47-48,52H,4-32,39-40,45-46,49H2,1-3H3. The van der Waals surface area contributed by atoms with E-state index in [9.17, 15) is 0 Å². The molecule has 2 nitrogen and oxygen atoms in total. The molecule has 2 unspecified atom stereocenters. The molecule has 0 aliphatic carbocycles. The average molecular weight is 755 g/mol. The van der Waals surface area contributed by atoms with Gasteiger partial charge in [-0.05, 0) is 30.4 Å². The molecule has 2 aromatic rings. The molecule has 0 aromatic heterocycles. The molecule has 312 valence electrons. The van der Waals surface area contributed by atoms with Crippen molar-refractivity contribution in [1.82, 2.24) is 9.80 Å². The van der Waals surface area contributed by atoms with Crippen molar-refractivity contribution in [3.8, 4) is 0 Å². The smallest absolute Gasteiger partial charge is 0.123 e. The van der Waals surface area contributed by atoms with Crippen LogP contribution in [0.2, 0.25) is 0 Å². The SMILES string of the molecule is CCCCCCCCCCCCCCCCCCCN1C=CN(CCCCCCCCCCCCCCC)C1(Cc1ccccc1)C(CC)c1ccccc1. The molecule has 2 atom stereocenters. The van der Waals surface area contributed by atoms with Crippen LogP contribution in [0.1, 0.15) is 237 Å². The van der Waals surface area contributed by atoms with Crippen LogP contribution in [0, 0.1) is 0 Å². The van der Waals surface area contributed by atoms with Crippen LogP contribution in [-0.4, -0.2) is 28.6 Å². The Morgan fingerprint density at radius 2 is 0.691 bits per heavy atom. The first-order valence-corrected chi connectivity index (χ1v) is 24.6. The molecule has 0 amide bonds. The van der Waals surface area contributed by atoms with E-state index in [1.165, 1.54) is 204 Å². The monoisotopic (exact) mass is 755 g/mol. The van der Waals surface area contributed by atoms with E-state index in [1.54, 1.807) is 0 Å². The topological polar surface area (TPSA) is 6.48 Å². The zero-order valence-electron chi connectivity index (χ0n) is 36.9. The first-order valence-electron chi connectivity index (χ1n) is 24.6. The van der Waals surface area contributed by atoms with Gasteiger partial charge in [-0.2, -0.15) is 0 Å². The van der Waals surface area contributed by atoms with Crippen LogP contribution in [0.15, 0.2) is 73.1 Å². The van der Waals surface area contributed by atoms with Crippen LogP contribution < -0.4 is 0 Å². The molecule has 55 heavy (non-hydrogen) atoms. The van der Waals surface area contributed by atoms with Gasteiger partial charge < -0.3 is 9.80 Å². The molecule has 3 rings (SSSR count). The number of rotatable bonds is 37. The summed E-state index contributed by atoms with van der Waals surface area (Å²) in [6, 6.07) is 22.9. The second-order valence-corrected chi connectivity index (χ2v) is 17.5. The molecular formula is C53H90N2. The molecule has 0 bridgehead atoms. The molecule has 0 radical (unpaired) electrons. The maximum Gasteiger partial charge on any atom is 0.123 e. The predicted octanol–water partition coefficient (Wildman–Crippen LogP) is 17.0. The normalized spacial score (nSPS) is 16.1. The number of hydrogen-bond acceptors (Lipinski definition) is 2. The molecule has 1 heterocycles. The highest BCUT2D eigenvalue weighted by Crippen LogP contribution is 2.45. The van der Waals surface area contributed by atoms with Crippen molar-refractivity contribution in [2.75, 3.05) is 13.1 Å². The van der Waals surface area contributed by atoms with Gasteiger partial charge >= 0.3 is 0 Å². The van der Waals surface area contributed by atoms with Crippen molar-refractivity contribution in [3.63, 3.8) is 0 Å². The lowest BCUT2D eigenvalue weighted by Crippen LogP contribution is -2.59. The summed E-state index contributed by atoms with van der Waals surface area (Å²) in [7, 11) is 0. The maximum absolute atomic E-state index is 2.80. The van der Waals surface area contributed by atoms with Crippen molar-refractivity contribution in [2.45, 2.75) is 238 Å². The highest BCUT2D eigenvalue weighted by molar-refractivity contribution is 5.30. The van der Waals surface area contributed by atoms with E-state index in [1.807, 2.05) is 0 Å². The Morgan fingerprint density at radius 1 is 0.382 bits per heavy atom. The lowest BCUT2D eigenvalue weighted by molar-refractivity contribution is -0.00378. The van der Waals surface area contributed by atoms with E-state index in [0.717, 1.165) is 25.9 Å². The van der Waals surface area contributed by atoms with Crippen molar-refractivity contribution >= 4 is 0 Å². The molecule has 0 fully saturated rings. The lowest BCUT2D eigenvalue weighted by atomic mass is 9.78. The molecular weight excluding hydrogens is 665 g/mol. The second-order valence-electron chi connectivity index (χ2n) is 17.5. The van der Waals surface area contributed by atoms with E-state index < -0.39 is 0 Å². The first kappa shape index (κ1) is 47.2. The fourth-order valence-corrected chi connectivity index (χ4v) is 9.57. The van der Waals surface area contributed by atoms with Crippen LogP contribution in [0.25, 0.3) is 0 Å². The minimum Gasteiger partial charge on any atom is -0.353 e. The molecule has 0 saturated heterocycles. The summed E-state index contributed by atoms with van der Waals surface area (Å²) < 4.78 is 0. The maximum atomic E-state index is 2.80. The molecule has 0 N–H and O–H groups in total. The highest BCUT2D eigenvalue weighted by atomic mass is 15.4. The third kappa shape index (κ3) is 19.2. The molecule has 0 saturated carbocycles. The largest absolute Gasteiger partial charge is 0.353 e. The fraction of sp³-hybridized carbons (Fsp3) is 0.736. The van der Waals surface area contributed by atoms with E-state index >= 15 is 0 Å². The second kappa shape index (κ2) is 31.8. The Bertz CT molecular complexity index is 1140. The summed E-state index contributed by atoms with van der Waals surface area (Å²) >= 11 is 0. The third-order valence-corrected chi connectivity index (χ3v) is 12.9. The quantitative estimate of drug-likeness (QED) is 0.0634. The van der Waals surface area contributed by atoms with Crippen LogP contribution in [0.3, 0.4) is 0 Å².